The number of rotatable bonds is 4. The SMILES string of the molecule is CNCc1ccc(Sc2cccc(F)c2)nc1. The second-order valence-corrected chi connectivity index (χ2v) is 4.69. The second kappa shape index (κ2) is 5.80. The van der Waals surface area contributed by atoms with Crippen molar-refractivity contribution in [3.63, 3.8) is 0 Å². The van der Waals surface area contributed by atoms with E-state index in [1.165, 1.54) is 23.9 Å². The summed E-state index contributed by atoms with van der Waals surface area (Å²) < 4.78 is 13.0. The average molecular weight is 248 g/mol. The number of halogens is 1. The monoisotopic (exact) mass is 248 g/mol. The third-order valence-corrected chi connectivity index (χ3v) is 3.14. The summed E-state index contributed by atoms with van der Waals surface area (Å²) in [6.07, 6.45) is 1.83. The molecule has 2 nitrogen and oxygen atoms in total. The molecule has 2 aromatic rings. The lowest BCUT2D eigenvalue weighted by Crippen LogP contribution is -2.04. The fraction of sp³-hybridized carbons (Fsp3) is 0.154. The van der Waals surface area contributed by atoms with E-state index in [1.807, 2.05) is 31.4 Å². The predicted molar refractivity (Wildman–Crippen MR) is 67.5 cm³/mol. The number of pyridine rings is 1. The summed E-state index contributed by atoms with van der Waals surface area (Å²) in [7, 11) is 1.90. The quantitative estimate of drug-likeness (QED) is 0.900. The highest BCUT2D eigenvalue weighted by Gasteiger charge is 2.00. The van der Waals surface area contributed by atoms with E-state index in [0.29, 0.717) is 0 Å². The maximum atomic E-state index is 13.0. The molecule has 2 rings (SSSR count). The van der Waals surface area contributed by atoms with Gasteiger partial charge in [-0.3, -0.25) is 0 Å². The maximum absolute atomic E-state index is 13.0. The number of hydrogen-bond acceptors (Lipinski definition) is 3. The van der Waals surface area contributed by atoms with E-state index < -0.39 is 0 Å². The Balaban J connectivity index is 2.08. The molecule has 0 spiro atoms. The lowest BCUT2D eigenvalue weighted by Gasteiger charge is -2.03. The summed E-state index contributed by atoms with van der Waals surface area (Å²) in [4.78, 5) is 5.18. The molecule has 0 atom stereocenters. The van der Waals surface area contributed by atoms with Crippen LogP contribution in [0.15, 0.2) is 52.5 Å². The van der Waals surface area contributed by atoms with Gasteiger partial charge in [0.2, 0.25) is 0 Å². The fourth-order valence-electron chi connectivity index (χ4n) is 1.43. The van der Waals surface area contributed by atoms with Gasteiger partial charge < -0.3 is 5.32 Å². The Morgan fingerprint density at radius 3 is 2.82 bits per heavy atom. The Kier molecular flexibility index (Phi) is 4.12. The van der Waals surface area contributed by atoms with Crippen LogP contribution in [-0.4, -0.2) is 12.0 Å². The molecule has 0 amide bonds. The molecule has 0 fully saturated rings. The van der Waals surface area contributed by atoms with Crippen LogP contribution in [0.1, 0.15) is 5.56 Å². The van der Waals surface area contributed by atoms with Crippen molar-refractivity contribution < 1.29 is 4.39 Å². The Morgan fingerprint density at radius 1 is 1.29 bits per heavy atom. The van der Waals surface area contributed by atoms with E-state index in [4.69, 9.17) is 0 Å². The van der Waals surface area contributed by atoms with Gasteiger partial charge in [0.1, 0.15) is 10.8 Å². The fourth-order valence-corrected chi connectivity index (χ4v) is 2.23. The molecule has 1 aromatic heterocycles. The van der Waals surface area contributed by atoms with Gasteiger partial charge >= 0.3 is 0 Å². The molecule has 0 unspecified atom stereocenters. The molecule has 1 heterocycles. The van der Waals surface area contributed by atoms with Crippen LogP contribution < -0.4 is 5.32 Å². The van der Waals surface area contributed by atoms with Crippen molar-refractivity contribution in [2.45, 2.75) is 16.5 Å². The van der Waals surface area contributed by atoms with Crippen molar-refractivity contribution in [3.05, 3.63) is 54.0 Å². The number of hydrogen-bond donors (Lipinski definition) is 1. The first kappa shape index (κ1) is 12.1. The second-order valence-electron chi connectivity index (χ2n) is 3.59. The van der Waals surface area contributed by atoms with Gasteiger partial charge in [0.05, 0.1) is 0 Å². The lowest BCUT2D eigenvalue weighted by molar-refractivity contribution is 0.624. The molecule has 1 N–H and O–H groups in total. The number of benzene rings is 1. The molecule has 4 heteroatoms. The van der Waals surface area contributed by atoms with Gasteiger partial charge in [-0.15, -0.1) is 0 Å². The molecule has 88 valence electrons. The molecule has 0 aliphatic heterocycles. The predicted octanol–water partition coefficient (Wildman–Crippen LogP) is 3.09. The van der Waals surface area contributed by atoms with E-state index in [2.05, 4.69) is 10.3 Å². The first-order valence-corrected chi connectivity index (χ1v) is 6.12. The van der Waals surface area contributed by atoms with Crippen molar-refractivity contribution in [2.24, 2.45) is 0 Å². The van der Waals surface area contributed by atoms with Crippen molar-refractivity contribution in [1.29, 1.82) is 0 Å². The van der Waals surface area contributed by atoms with E-state index in [1.54, 1.807) is 6.07 Å². The molecule has 0 aliphatic carbocycles. The summed E-state index contributed by atoms with van der Waals surface area (Å²) in [5, 5.41) is 3.94. The molecule has 0 aliphatic rings. The van der Waals surface area contributed by atoms with Crippen LogP contribution in [0, 0.1) is 5.82 Å². The van der Waals surface area contributed by atoms with Crippen LogP contribution in [0.5, 0.6) is 0 Å². The number of aromatic nitrogens is 1. The van der Waals surface area contributed by atoms with E-state index >= 15 is 0 Å². The Labute approximate surface area is 104 Å². The van der Waals surface area contributed by atoms with Crippen LogP contribution in [-0.2, 0) is 6.54 Å². The van der Waals surface area contributed by atoms with E-state index in [0.717, 1.165) is 22.0 Å². The standard InChI is InChI=1S/C13H13FN2S/c1-15-8-10-5-6-13(16-9-10)17-12-4-2-3-11(14)7-12/h2-7,9,15H,8H2,1H3. The lowest BCUT2D eigenvalue weighted by atomic mass is 10.3. The van der Waals surface area contributed by atoms with Crippen LogP contribution >= 0.6 is 11.8 Å². The Hall–Kier alpha value is -1.39. The summed E-state index contributed by atoms with van der Waals surface area (Å²) in [5.41, 5.74) is 1.14. The molecule has 0 saturated carbocycles. The Morgan fingerprint density at radius 2 is 2.18 bits per heavy atom. The van der Waals surface area contributed by atoms with Crippen molar-refractivity contribution >= 4 is 11.8 Å². The number of nitrogens with one attached hydrogen (secondary N) is 1. The minimum absolute atomic E-state index is 0.221. The van der Waals surface area contributed by atoms with Gasteiger partial charge in [0.25, 0.3) is 0 Å². The zero-order valence-corrected chi connectivity index (χ0v) is 10.3. The van der Waals surface area contributed by atoms with Crippen molar-refractivity contribution in [1.82, 2.24) is 10.3 Å². The number of nitrogens with zero attached hydrogens (tertiary/aromatic N) is 1. The third-order valence-electron chi connectivity index (χ3n) is 2.20. The van der Waals surface area contributed by atoms with Crippen LogP contribution in [0.25, 0.3) is 0 Å². The molecule has 1 aromatic carbocycles. The van der Waals surface area contributed by atoms with Crippen molar-refractivity contribution in [2.75, 3.05) is 7.05 Å². The zero-order chi connectivity index (χ0) is 12.1. The van der Waals surface area contributed by atoms with Crippen molar-refractivity contribution in [3.8, 4) is 0 Å². The van der Waals surface area contributed by atoms with Crippen LogP contribution in [0.4, 0.5) is 4.39 Å². The van der Waals surface area contributed by atoms with Gasteiger partial charge in [-0.05, 0) is 36.9 Å². The molecule has 0 radical (unpaired) electrons. The first-order valence-electron chi connectivity index (χ1n) is 5.31. The highest BCUT2D eigenvalue weighted by molar-refractivity contribution is 7.99. The molecular formula is C13H13FN2S. The highest BCUT2D eigenvalue weighted by atomic mass is 32.2. The smallest absolute Gasteiger partial charge is 0.124 e. The Bertz CT molecular complexity index is 485. The molecule has 0 saturated heterocycles. The normalized spacial score (nSPS) is 10.5. The summed E-state index contributed by atoms with van der Waals surface area (Å²) in [6, 6.07) is 10.5. The molecule has 17 heavy (non-hydrogen) atoms. The van der Waals surface area contributed by atoms with Gasteiger partial charge in [-0.2, -0.15) is 0 Å². The third kappa shape index (κ3) is 3.54. The molecule has 0 bridgehead atoms. The largest absolute Gasteiger partial charge is 0.316 e. The summed E-state index contributed by atoms with van der Waals surface area (Å²) >= 11 is 1.46. The van der Waals surface area contributed by atoms with Crippen LogP contribution in [0.2, 0.25) is 0 Å². The van der Waals surface area contributed by atoms with Gasteiger partial charge in [-0.1, -0.05) is 23.9 Å². The maximum Gasteiger partial charge on any atom is 0.124 e. The van der Waals surface area contributed by atoms with E-state index in [-0.39, 0.29) is 5.82 Å². The van der Waals surface area contributed by atoms with Gasteiger partial charge in [-0.25, -0.2) is 9.37 Å². The zero-order valence-electron chi connectivity index (χ0n) is 9.48. The minimum Gasteiger partial charge on any atom is -0.316 e. The van der Waals surface area contributed by atoms with E-state index in [9.17, 15) is 4.39 Å². The summed E-state index contributed by atoms with van der Waals surface area (Å²) in [6.45, 7) is 0.803. The van der Waals surface area contributed by atoms with Gasteiger partial charge in [0.15, 0.2) is 0 Å². The van der Waals surface area contributed by atoms with Crippen LogP contribution in [0.3, 0.4) is 0 Å². The topological polar surface area (TPSA) is 24.9 Å². The molecular weight excluding hydrogens is 235 g/mol. The minimum atomic E-state index is -0.221. The summed E-state index contributed by atoms with van der Waals surface area (Å²) in [5.74, 6) is -0.221. The average Bonchev–Trinajstić information content (AvgIpc) is 2.32. The first-order chi connectivity index (χ1) is 8.28. The van der Waals surface area contributed by atoms with Gasteiger partial charge in [0, 0.05) is 17.6 Å². The highest BCUT2D eigenvalue weighted by Crippen LogP contribution is 2.26.